The summed E-state index contributed by atoms with van der Waals surface area (Å²) in [5.74, 6) is 0. The molecule has 0 N–H and O–H groups in total. The highest BCUT2D eigenvalue weighted by Crippen LogP contribution is 2.17. The molecule has 18 heavy (non-hydrogen) atoms. The molecule has 0 saturated carbocycles. The molecule has 0 spiro atoms. The van der Waals surface area contributed by atoms with E-state index in [1.807, 2.05) is 47.9 Å². The van der Waals surface area contributed by atoms with E-state index < -0.39 is 0 Å². The predicted molar refractivity (Wildman–Crippen MR) is 72.0 cm³/mol. The first-order valence-electron chi connectivity index (χ1n) is 6.43. The van der Waals surface area contributed by atoms with Crippen molar-refractivity contribution in [3.05, 3.63) is 29.8 Å². The van der Waals surface area contributed by atoms with Gasteiger partial charge in [0.05, 0.1) is 13.2 Å². The molecule has 0 atom stereocenters. The van der Waals surface area contributed by atoms with Gasteiger partial charge in [-0.25, -0.2) is 4.79 Å². The van der Waals surface area contributed by atoms with Crippen LogP contribution in [-0.4, -0.2) is 43.8 Å². The summed E-state index contributed by atoms with van der Waals surface area (Å²) in [6.45, 7) is 7.36. The summed E-state index contributed by atoms with van der Waals surface area (Å²) in [5, 5.41) is 0. The van der Waals surface area contributed by atoms with Crippen LogP contribution in [0.5, 0.6) is 0 Å². The number of hydrogen-bond donors (Lipinski definition) is 0. The number of ether oxygens (including phenoxy) is 1. The highest BCUT2D eigenvalue weighted by Gasteiger charge is 2.22. The fraction of sp³-hybridized carbons (Fsp3) is 0.500. The van der Waals surface area contributed by atoms with Gasteiger partial charge in [-0.1, -0.05) is 17.7 Å². The van der Waals surface area contributed by atoms with Gasteiger partial charge in [-0.3, -0.25) is 4.90 Å². The first-order valence-corrected chi connectivity index (χ1v) is 6.43. The maximum Gasteiger partial charge on any atom is 0.324 e. The Bertz CT molecular complexity index is 397. The van der Waals surface area contributed by atoms with Gasteiger partial charge in [-0.2, -0.15) is 0 Å². The number of benzene rings is 1. The molecule has 1 aromatic carbocycles. The highest BCUT2D eigenvalue weighted by atomic mass is 16.5. The Morgan fingerprint density at radius 1 is 1.28 bits per heavy atom. The van der Waals surface area contributed by atoms with Gasteiger partial charge in [-0.05, 0) is 26.0 Å². The molecule has 4 heteroatoms. The van der Waals surface area contributed by atoms with Crippen LogP contribution in [0.15, 0.2) is 24.3 Å². The third-order valence-electron chi connectivity index (χ3n) is 3.17. The summed E-state index contributed by atoms with van der Waals surface area (Å²) < 4.78 is 5.27. The van der Waals surface area contributed by atoms with Gasteiger partial charge in [0.2, 0.25) is 0 Å². The third-order valence-corrected chi connectivity index (χ3v) is 3.17. The number of carbonyl (C=O) groups is 1. The van der Waals surface area contributed by atoms with E-state index in [-0.39, 0.29) is 6.03 Å². The molecular formula is C14H20N2O2. The molecule has 1 heterocycles. The van der Waals surface area contributed by atoms with Crippen LogP contribution in [0.25, 0.3) is 0 Å². The molecule has 0 radical (unpaired) electrons. The fourth-order valence-electron chi connectivity index (χ4n) is 2.08. The molecule has 0 bridgehead atoms. The van der Waals surface area contributed by atoms with E-state index in [9.17, 15) is 4.79 Å². The van der Waals surface area contributed by atoms with E-state index in [4.69, 9.17) is 4.74 Å². The lowest BCUT2D eigenvalue weighted by molar-refractivity contribution is 0.0549. The topological polar surface area (TPSA) is 32.8 Å². The van der Waals surface area contributed by atoms with E-state index >= 15 is 0 Å². The van der Waals surface area contributed by atoms with E-state index in [0.29, 0.717) is 32.8 Å². The fourth-order valence-corrected chi connectivity index (χ4v) is 2.08. The quantitative estimate of drug-likeness (QED) is 0.804. The Balaban J connectivity index is 2.12. The number of rotatable bonds is 2. The number of morpholine rings is 1. The van der Waals surface area contributed by atoms with E-state index in [1.54, 1.807) is 0 Å². The van der Waals surface area contributed by atoms with Crippen molar-refractivity contribution < 1.29 is 9.53 Å². The zero-order valence-corrected chi connectivity index (χ0v) is 11.1. The van der Waals surface area contributed by atoms with Crippen LogP contribution in [0.2, 0.25) is 0 Å². The van der Waals surface area contributed by atoms with E-state index in [2.05, 4.69) is 0 Å². The number of carbonyl (C=O) groups excluding carboxylic acids is 1. The maximum atomic E-state index is 12.4. The minimum Gasteiger partial charge on any atom is -0.378 e. The summed E-state index contributed by atoms with van der Waals surface area (Å²) in [5.41, 5.74) is 2.16. The largest absolute Gasteiger partial charge is 0.378 e. The molecule has 0 aromatic heterocycles. The van der Waals surface area contributed by atoms with Crippen LogP contribution in [-0.2, 0) is 4.74 Å². The van der Waals surface area contributed by atoms with Crippen LogP contribution < -0.4 is 4.90 Å². The number of hydrogen-bond acceptors (Lipinski definition) is 2. The van der Waals surface area contributed by atoms with Crippen molar-refractivity contribution in [3.8, 4) is 0 Å². The van der Waals surface area contributed by atoms with Crippen LogP contribution in [0.4, 0.5) is 10.5 Å². The van der Waals surface area contributed by atoms with E-state index in [0.717, 1.165) is 5.69 Å². The summed E-state index contributed by atoms with van der Waals surface area (Å²) in [7, 11) is 0. The van der Waals surface area contributed by atoms with Crippen molar-refractivity contribution in [3.63, 3.8) is 0 Å². The molecule has 4 nitrogen and oxygen atoms in total. The van der Waals surface area contributed by atoms with Gasteiger partial charge >= 0.3 is 6.03 Å². The Hall–Kier alpha value is -1.55. The Morgan fingerprint density at radius 2 is 1.89 bits per heavy atom. The molecule has 1 fully saturated rings. The second-order valence-corrected chi connectivity index (χ2v) is 4.46. The van der Waals surface area contributed by atoms with Crippen molar-refractivity contribution in [2.24, 2.45) is 0 Å². The second kappa shape index (κ2) is 5.87. The monoisotopic (exact) mass is 248 g/mol. The lowest BCUT2D eigenvalue weighted by Crippen LogP contribution is -2.48. The second-order valence-electron chi connectivity index (χ2n) is 4.46. The van der Waals surface area contributed by atoms with Crippen molar-refractivity contribution in [1.82, 2.24) is 4.90 Å². The average molecular weight is 248 g/mol. The van der Waals surface area contributed by atoms with Crippen LogP contribution in [0.1, 0.15) is 12.5 Å². The molecule has 2 rings (SSSR count). The van der Waals surface area contributed by atoms with E-state index in [1.165, 1.54) is 5.56 Å². The number of nitrogens with zero attached hydrogens (tertiary/aromatic N) is 2. The predicted octanol–water partition coefficient (Wildman–Crippen LogP) is 2.27. The Labute approximate surface area is 108 Å². The zero-order chi connectivity index (χ0) is 13.0. The number of amides is 2. The van der Waals surface area contributed by atoms with Crippen LogP contribution >= 0.6 is 0 Å². The average Bonchev–Trinajstić information content (AvgIpc) is 2.42. The molecular weight excluding hydrogens is 228 g/mol. The van der Waals surface area contributed by atoms with Crippen molar-refractivity contribution >= 4 is 11.7 Å². The smallest absolute Gasteiger partial charge is 0.324 e. The van der Waals surface area contributed by atoms with Gasteiger partial charge in [-0.15, -0.1) is 0 Å². The minimum absolute atomic E-state index is 0.0738. The number of anilines is 1. The molecule has 1 saturated heterocycles. The molecule has 0 aliphatic carbocycles. The number of aryl methyl sites for hydroxylation is 1. The maximum absolute atomic E-state index is 12.4. The number of urea groups is 1. The Morgan fingerprint density at radius 3 is 2.44 bits per heavy atom. The zero-order valence-electron chi connectivity index (χ0n) is 11.1. The minimum atomic E-state index is 0.0738. The molecule has 1 aliphatic rings. The van der Waals surface area contributed by atoms with Crippen molar-refractivity contribution in [1.29, 1.82) is 0 Å². The summed E-state index contributed by atoms with van der Waals surface area (Å²) in [6, 6.07) is 8.13. The Kier molecular flexibility index (Phi) is 4.20. The van der Waals surface area contributed by atoms with Crippen molar-refractivity contribution in [2.75, 3.05) is 37.7 Å². The standard InChI is InChI=1S/C14H20N2O2/c1-3-16(13-6-4-12(2)5-7-13)14(17)15-8-10-18-11-9-15/h4-7H,3,8-11H2,1-2H3. The SMILES string of the molecule is CCN(C(=O)N1CCOCC1)c1ccc(C)cc1. The lowest BCUT2D eigenvalue weighted by atomic mass is 10.2. The third kappa shape index (κ3) is 2.82. The first-order chi connectivity index (χ1) is 8.72. The normalized spacial score (nSPS) is 15.6. The first kappa shape index (κ1) is 12.9. The molecule has 98 valence electrons. The van der Waals surface area contributed by atoms with Crippen LogP contribution in [0, 0.1) is 6.92 Å². The molecule has 1 aromatic rings. The molecule has 1 aliphatic heterocycles. The van der Waals surface area contributed by atoms with Gasteiger partial charge in [0, 0.05) is 25.3 Å². The van der Waals surface area contributed by atoms with Gasteiger partial charge < -0.3 is 9.64 Å². The van der Waals surface area contributed by atoms with Crippen molar-refractivity contribution in [2.45, 2.75) is 13.8 Å². The van der Waals surface area contributed by atoms with Gasteiger partial charge in [0.1, 0.15) is 0 Å². The summed E-state index contributed by atoms with van der Waals surface area (Å²) >= 11 is 0. The van der Waals surface area contributed by atoms with Gasteiger partial charge in [0.25, 0.3) is 0 Å². The van der Waals surface area contributed by atoms with Crippen LogP contribution in [0.3, 0.4) is 0 Å². The summed E-state index contributed by atoms with van der Waals surface area (Å²) in [6.07, 6.45) is 0. The van der Waals surface area contributed by atoms with Gasteiger partial charge in [0.15, 0.2) is 0 Å². The lowest BCUT2D eigenvalue weighted by Gasteiger charge is -2.32. The molecule has 2 amide bonds. The molecule has 0 unspecified atom stereocenters. The summed E-state index contributed by atoms with van der Waals surface area (Å²) in [4.78, 5) is 16.1. The highest BCUT2D eigenvalue weighted by molar-refractivity contribution is 5.92.